The number of hydrogen-bond acceptors (Lipinski definition) is 4. The molecule has 0 aromatic heterocycles. The van der Waals surface area contributed by atoms with Crippen molar-refractivity contribution < 1.29 is 4.74 Å². The second-order valence-electron chi connectivity index (χ2n) is 4.19. The number of nitrogens with one attached hydrogen (secondary N) is 1. The van der Waals surface area contributed by atoms with Gasteiger partial charge in [-0.25, -0.2) is 0 Å². The lowest BCUT2D eigenvalue weighted by Gasteiger charge is -2.10. The van der Waals surface area contributed by atoms with E-state index in [2.05, 4.69) is 17.5 Å². The molecular formula is C16H13N3O. The van der Waals surface area contributed by atoms with Gasteiger partial charge in [0.25, 0.3) is 0 Å². The number of methoxy groups -OCH3 is 1. The fraction of sp³-hybridized carbons (Fsp3) is 0.125. The molecule has 0 aliphatic heterocycles. The predicted octanol–water partition coefficient (Wildman–Crippen LogP) is 3.05. The van der Waals surface area contributed by atoms with Crippen molar-refractivity contribution in [2.45, 2.75) is 6.54 Å². The first-order valence-corrected chi connectivity index (χ1v) is 6.08. The number of nitrogens with zero attached hydrogens (tertiary/aromatic N) is 2. The van der Waals surface area contributed by atoms with Crippen molar-refractivity contribution in [3.05, 3.63) is 59.2 Å². The Morgan fingerprint density at radius 1 is 1.05 bits per heavy atom. The van der Waals surface area contributed by atoms with Crippen LogP contribution in [0.3, 0.4) is 0 Å². The summed E-state index contributed by atoms with van der Waals surface area (Å²) in [7, 11) is 1.59. The molecule has 0 amide bonds. The average molecular weight is 263 g/mol. The maximum absolute atomic E-state index is 9.08. The van der Waals surface area contributed by atoms with Crippen molar-refractivity contribution in [3.8, 4) is 17.9 Å². The minimum Gasteiger partial charge on any atom is -0.497 e. The zero-order valence-electron chi connectivity index (χ0n) is 11.1. The number of ether oxygens (including phenoxy) is 1. The molecule has 4 nitrogen and oxygen atoms in total. The predicted molar refractivity (Wildman–Crippen MR) is 76.2 cm³/mol. The van der Waals surface area contributed by atoms with E-state index in [1.807, 2.05) is 12.1 Å². The van der Waals surface area contributed by atoms with Gasteiger partial charge in [-0.05, 0) is 29.8 Å². The van der Waals surface area contributed by atoms with Gasteiger partial charge in [0, 0.05) is 12.6 Å². The molecule has 2 aromatic rings. The monoisotopic (exact) mass is 263 g/mol. The van der Waals surface area contributed by atoms with Gasteiger partial charge in [0.1, 0.15) is 11.8 Å². The third kappa shape index (κ3) is 3.07. The quantitative estimate of drug-likeness (QED) is 0.920. The van der Waals surface area contributed by atoms with Crippen LogP contribution in [0.25, 0.3) is 0 Å². The molecule has 4 heteroatoms. The van der Waals surface area contributed by atoms with Crippen LogP contribution in [0, 0.1) is 22.7 Å². The smallest absolute Gasteiger partial charge is 0.121 e. The first-order valence-electron chi connectivity index (χ1n) is 6.08. The molecule has 0 radical (unpaired) electrons. The third-order valence-corrected chi connectivity index (χ3v) is 2.91. The molecule has 0 saturated heterocycles. The van der Waals surface area contributed by atoms with E-state index in [1.165, 1.54) is 0 Å². The average Bonchev–Trinajstić information content (AvgIpc) is 2.53. The zero-order chi connectivity index (χ0) is 14.4. The molecule has 0 fully saturated rings. The second kappa shape index (κ2) is 6.26. The highest BCUT2D eigenvalue weighted by Gasteiger charge is 2.04. The van der Waals surface area contributed by atoms with E-state index < -0.39 is 0 Å². The van der Waals surface area contributed by atoms with E-state index >= 15 is 0 Å². The standard InChI is InChI=1S/C16H13N3O/c1-20-15-7-6-14(10-18)16(8-15)19-11-13-4-2-12(9-17)3-5-13/h2-8,19H,11H2,1H3. The maximum atomic E-state index is 9.08. The highest BCUT2D eigenvalue weighted by atomic mass is 16.5. The summed E-state index contributed by atoms with van der Waals surface area (Å²) in [6.45, 7) is 0.577. The molecule has 0 spiro atoms. The van der Waals surface area contributed by atoms with Crippen LogP contribution >= 0.6 is 0 Å². The van der Waals surface area contributed by atoms with Crippen molar-refractivity contribution in [1.82, 2.24) is 0 Å². The molecule has 0 heterocycles. The fourth-order valence-corrected chi connectivity index (χ4v) is 1.79. The van der Waals surface area contributed by atoms with Gasteiger partial charge in [0.05, 0.1) is 30.0 Å². The summed E-state index contributed by atoms with van der Waals surface area (Å²) in [4.78, 5) is 0. The lowest BCUT2D eigenvalue weighted by molar-refractivity contribution is 0.415. The molecule has 0 bridgehead atoms. The molecule has 0 unspecified atom stereocenters. The molecular weight excluding hydrogens is 250 g/mol. The van der Waals surface area contributed by atoms with Crippen LogP contribution in [0.15, 0.2) is 42.5 Å². The van der Waals surface area contributed by atoms with E-state index in [1.54, 1.807) is 37.4 Å². The van der Waals surface area contributed by atoms with Gasteiger partial charge in [0.2, 0.25) is 0 Å². The van der Waals surface area contributed by atoms with Crippen LogP contribution < -0.4 is 10.1 Å². The number of anilines is 1. The van der Waals surface area contributed by atoms with Gasteiger partial charge in [-0.1, -0.05) is 12.1 Å². The van der Waals surface area contributed by atoms with Gasteiger partial charge >= 0.3 is 0 Å². The lowest BCUT2D eigenvalue weighted by atomic mass is 10.1. The molecule has 0 aliphatic rings. The van der Waals surface area contributed by atoms with Crippen LogP contribution in [-0.2, 0) is 6.54 Å². The molecule has 2 aromatic carbocycles. The largest absolute Gasteiger partial charge is 0.497 e. The van der Waals surface area contributed by atoms with Crippen molar-refractivity contribution in [3.63, 3.8) is 0 Å². The molecule has 0 saturated carbocycles. The second-order valence-corrected chi connectivity index (χ2v) is 4.19. The lowest BCUT2D eigenvalue weighted by Crippen LogP contribution is -2.01. The first kappa shape index (κ1) is 13.5. The topological polar surface area (TPSA) is 68.8 Å². The van der Waals surface area contributed by atoms with Gasteiger partial charge in [-0.15, -0.1) is 0 Å². The molecule has 98 valence electrons. The summed E-state index contributed by atoms with van der Waals surface area (Å²) < 4.78 is 5.15. The third-order valence-electron chi connectivity index (χ3n) is 2.91. The van der Waals surface area contributed by atoms with Crippen LogP contribution in [-0.4, -0.2) is 7.11 Å². The highest BCUT2D eigenvalue weighted by molar-refractivity contribution is 5.60. The number of nitriles is 2. The fourth-order valence-electron chi connectivity index (χ4n) is 1.79. The Morgan fingerprint density at radius 3 is 2.40 bits per heavy atom. The summed E-state index contributed by atoms with van der Waals surface area (Å²) in [6.07, 6.45) is 0. The summed E-state index contributed by atoms with van der Waals surface area (Å²) in [6, 6.07) is 16.8. The Kier molecular flexibility index (Phi) is 4.21. The Bertz CT molecular complexity index is 678. The SMILES string of the molecule is COc1ccc(C#N)c(NCc2ccc(C#N)cc2)c1. The minimum atomic E-state index is 0.569. The zero-order valence-corrected chi connectivity index (χ0v) is 11.1. The first-order chi connectivity index (χ1) is 9.76. The number of hydrogen-bond donors (Lipinski definition) is 1. The molecule has 20 heavy (non-hydrogen) atoms. The van der Waals surface area contributed by atoms with Gasteiger partial charge in [-0.3, -0.25) is 0 Å². The Morgan fingerprint density at radius 2 is 1.80 bits per heavy atom. The van der Waals surface area contributed by atoms with Gasteiger partial charge in [0.15, 0.2) is 0 Å². The van der Waals surface area contributed by atoms with Crippen LogP contribution in [0.4, 0.5) is 5.69 Å². The Balaban J connectivity index is 2.13. The number of benzene rings is 2. The maximum Gasteiger partial charge on any atom is 0.121 e. The van der Waals surface area contributed by atoms with Crippen molar-refractivity contribution in [2.24, 2.45) is 0 Å². The molecule has 1 N–H and O–H groups in total. The molecule has 2 rings (SSSR count). The van der Waals surface area contributed by atoms with E-state index in [0.717, 1.165) is 11.3 Å². The van der Waals surface area contributed by atoms with Gasteiger partial charge < -0.3 is 10.1 Å². The highest BCUT2D eigenvalue weighted by Crippen LogP contribution is 2.22. The summed E-state index contributed by atoms with van der Waals surface area (Å²) in [5, 5.41) is 21.0. The Labute approximate surface area is 117 Å². The van der Waals surface area contributed by atoms with Crippen LogP contribution in [0.2, 0.25) is 0 Å². The molecule has 0 aliphatic carbocycles. The van der Waals surface area contributed by atoms with Crippen LogP contribution in [0.5, 0.6) is 5.75 Å². The van der Waals surface area contributed by atoms with Crippen LogP contribution in [0.1, 0.15) is 16.7 Å². The van der Waals surface area contributed by atoms with E-state index in [9.17, 15) is 0 Å². The normalized spacial score (nSPS) is 9.35. The minimum absolute atomic E-state index is 0.569. The van der Waals surface area contributed by atoms with Crippen molar-refractivity contribution in [2.75, 3.05) is 12.4 Å². The van der Waals surface area contributed by atoms with Crippen molar-refractivity contribution >= 4 is 5.69 Å². The number of rotatable bonds is 4. The van der Waals surface area contributed by atoms with E-state index in [-0.39, 0.29) is 0 Å². The van der Waals surface area contributed by atoms with Crippen molar-refractivity contribution in [1.29, 1.82) is 10.5 Å². The summed E-state index contributed by atoms with van der Waals surface area (Å²) in [5.41, 5.74) is 2.97. The van der Waals surface area contributed by atoms with E-state index in [4.69, 9.17) is 15.3 Å². The summed E-state index contributed by atoms with van der Waals surface area (Å²) >= 11 is 0. The van der Waals surface area contributed by atoms with E-state index in [0.29, 0.717) is 23.4 Å². The Hall–Kier alpha value is -2.98. The molecule has 0 atom stereocenters. The summed E-state index contributed by atoms with van der Waals surface area (Å²) in [5.74, 6) is 0.700. The van der Waals surface area contributed by atoms with Gasteiger partial charge in [-0.2, -0.15) is 10.5 Å².